The molecule has 3 aromatic rings. The number of imidazole rings is 1. The molecule has 0 fully saturated rings. The van der Waals surface area contributed by atoms with Gasteiger partial charge in [0.1, 0.15) is 6.33 Å². The lowest BCUT2D eigenvalue weighted by Gasteiger charge is -2.17. The molecule has 0 spiro atoms. The van der Waals surface area contributed by atoms with Gasteiger partial charge in [0.25, 0.3) is 0 Å². The van der Waals surface area contributed by atoms with Gasteiger partial charge in [0.05, 0.1) is 11.0 Å². The second-order valence-corrected chi connectivity index (χ2v) is 5.23. The fraction of sp³-hybridized carbons (Fsp3) is 0.188. The third-order valence-corrected chi connectivity index (χ3v) is 3.52. The normalized spacial score (nSPS) is 10.9. The number of hydrogen-bond donors (Lipinski definition) is 1. The lowest BCUT2D eigenvalue weighted by molar-refractivity contribution is 1.07. The average molecular weight is 266 g/mol. The lowest BCUT2D eigenvalue weighted by atomic mass is 10.1. The van der Waals surface area contributed by atoms with Gasteiger partial charge >= 0.3 is 0 Å². The molecule has 0 atom stereocenters. The maximum absolute atomic E-state index is 5.80. The zero-order valence-corrected chi connectivity index (χ0v) is 12.0. The Morgan fingerprint density at radius 2 is 1.90 bits per heavy atom. The van der Waals surface area contributed by atoms with Gasteiger partial charge in [-0.1, -0.05) is 6.07 Å². The molecule has 0 bridgehead atoms. The number of fused-ring (bicyclic) bond motifs is 1. The fourth-order valence-corrected chi connectivity index (χ4v) is 2.46. The van der Waals surface area contributed by atoms with Crippen LogP contribution in [0.25, 0.3) is 16.7 Å². The Morgan fingerprint density at radius 3 is 2.65 bits per heavy atom. The van der Waals surface area contributed by atoms with Crippen molar-refractivity contribution in [2.75, 3.05) is 24.7 Å². The van der Waals surface area contributed by atoms with E-state index in [1.165, 1.54) is 11.3 Å². The third-order valence-electron chi connectivity index (χ3n) is 3.52. The van der Waals surface area contributed by atoms with Crippen LogP contribution in [0.2, 0.25) is 0 Å². The Labute approximate surface area is 118 Å². The van der Waals surface area contributed by atoms with E-state index in [0.29, 0.717) is 0 Å². The van der Waals surface area contributed by atoms with E-state index in [1.54, 1.807) is 0 Å². The molecule has 20 heavy (non-hydrogen) atoms. The molecular formula is C16H18N4. The van der Waals surface area contributed by atoms with Crippen LogP contribution in [-0.4, -0.2) is 23.6 Å². The number of anilines is 2. The van der Waals surface area contributed by atoms with Gasteiger partial charge in [0.2, 0.25) is 0 Å². The molecule has 0 aliphatic heterocycles. The van der Waals surface area contributed by atoms with Crippen molar-refractivity contribution in [2.45, 2.75) is 6.92 Å². The molecule has 102 valence electrons. The molecule has 1 aromatic heterocycles. The molecule has 3 rings (SSSR count). The monoisotopic (exact) mass is 266 g/mol. The predicted octanol–water partition coefficient (Wildman–Crippen LogP) is 2.98. The van der Waals surface area contributed by atoms with Crippen molar-refractivity contribution < 1.29 is 0 Å². The van der Waals surface area contributed by atoms with Crippen LogP contribution in [0.5, 0.6) is 0 Å². The molecule has 0 radical (unpaired) electrons. The Morgan fingerprint density at radius 1 is 1.10 bits per heavy atom. The van der Waals surface area contributed by atoms with Gasteiger partial charge in [0, 0.05) is 31.2 Å². The quantitative estimate of drug-likeness (QED) is 0.725. The van der Waals surface area contributed by atoms with Crippen LogP contribution in [0.15, 0.2) is 42.7 Å². The summed E-state index contributed by atoms with van der Waals surface area (Å²) in [5.74, 6) is 0. The van der Waals surface area contributed by atoms with Crippen LogP contribution < -0.4 is 10.6 Å². The van der Waals surface area contributed by atoms with Gasteiger partial charge in [0.15, 0.2) is 0 Å². The minimum absolute atomic E-state index is 0.737. The standard InChI is InChI=1S/C16H18N4/c1-11-4-6-13(9-16(11)19(2)3)20-10-18-14-8-12(17)5-7-15(14)20/h4-10H,17H2,1-3H3. The summed E-state index contributed by atoms with van der Waals surface area (Å²) >= 11 is 0. The van der Waals surface area contributed by atoms with E-state index in [0.717, 1.165) is 22.4 Å². The molecule has 0 saturated carbocycles. The van der Waals surface area contributed by atoms with Gasteiger partial charge in [-0.15, -0.1) is 0 Å². The van der Waals surface area contributed by atoms with E-state index >= 15 is 0 Å². The van der Waals surface area contributed by atoms with E-state index in [4.69, 9.17) is 5.73 Å². The van der Waals surface area contributed by atoms with Crippen molar-refractivity contribution in [2.24, 2.45) is 0 Å². The molecule has 0 unspecified atom stereocenters. The number of nitrogen functional groups attached to an aromatic ring is 1. The van der Waals surface area contributed by atoms with Crippen LogP contribution in [0.4, 0.5) is 11.4 Å². The molecule has 2 aromatic carbocycles. The Bertz CT molecular complexity index is 771. The largest absolute Gasteiger partial charge is 0.399 e. The fourth-order valence-electron chi connectivity index (χ4n) is 2.46. The number of rotatable bonds is 2. The van der Waals surface area contributed by atoms with Crippen LogP contribution in [0.1, 0.15) is 5.56 Å². The van der Waals surface area contributed by atoms with E-state index in [9.17, 15) is 0 Å². The van der Waals surface area contributed by atoms with Gasteiger partial charge < -0.3 is 10.6 Å². The van der Waals surface area contributed by atoms with Crippen molar-refractivity contribution in [3.8, 4) is 5.69 Å². The average Bonchev–Trinajstić information content (AvgIpc) is 2.82. The molecule has 2 N–H and O–H groups in total. The first-order valence-electron chi connectivity index (χ1n) is 6.57. The van der Waals surface area contributed by atoms with Gasteiger partial charge in [-0.25, -0.2) is 4.98 Å². The minimum Gasteiger partial charge on any atom is -0.399 e. The number of nitrogens with two attached hydrogens (primary N) is 1. The van der Waals surface area contributed by atoms with Crippen molar-refractivity contribution in [3.63, 3.8) is 0 Å². The lowest BCUT2D eigenvalue weighted by Crippen LogP contribution is -2.10. The summed E-state index contributed by atoms with van der Waals surface area (Å²) < 4.78 is 2.08. The third kappa shape index (κ3) is 1.99. The Hall–Kier alpha value is -2.49. The number of aromatic nitrogens is 2. The molecule has 0 amide bonds. The maximum Gasteiger partial charge on any atom is 0.100 e. The first-order valence-corrected chi connectivity index (χ1v) is 6.57. The van der Waals surface area contributed by atoms with Gasteiger partial charge in [-0.05, 0) is 42.8 Å². The highest BCUT2D eigenvalue weighted by Crippen LogP contribution is 2.25. The summed E-state index contributed by atoms with van der Waals surface area (Å²) in [4.78, 5) is 6.54. The molecule has 0 aliphatic rings. The second kappa shape index (κ2) is 4.56. The zero-order chi connectivity index (χ0) is 14.3. The smallest absolute Gasteiger partial charge is 0.100 e. The number of benzene rings is 2. The number of nitrogens with zero attached hydrogens (tertiary/aromatic N) is 3. The minimum atomic E-state index is 0.737. The molecule has 4 nitrogen and oxygen atoms in total. The Balaban J connectivity index is 2.18. The van der Waals surface area contributed by atoms with Crippen LogP contribution >= 0.6 is 0 Å². The molecular weight excluding hydrogens is 248 g/mol. The maximum atomic E-state index is 5.80. The van der Waals surface area contributed by atoms with E-state index in [1.807, 2.05) is 24.5 Å². The first-order chi connectivity index (χ1) is 9.56. The van der Waals surface area contributed by atoms with Crippen molar-refractivity contribution in [1.82, 2.24) is 9.55 Å². The van der Waals surface area contributed by atoms with Crippen molar-refractivity contribution in [1.29, 1.82) is 0 Å². The molecule has 4 heteroatoms. The van der Waals surface area contributed by atoms with E-state index in [2.05, 4.69) is 53.7 Å². The number of hydrogen-bond acceptors (Lipinski definition) is 3. The molecule has 1 heterocycles. The summed E-state index contributed by atoms with van der Waals surface area (Å²) in [5.41, 5.74) is 12.1. The van der Waals surface area contributed by atoms with Crippen molar-refractivity contribution in [3.05, 3.63) is 48.3 Å². The SMILES string of the molecule is Cc1ccc(-n2cnc3cc(N)ccc32)cc1N(C)C. The summed E-state index contributed by atoms with van der Waals surface area (Å²) in [6.45, 7) is 2.12. The Kier molecular flexibility index (Phi) is 2.86. The van der Waals surface area contributed by atoms with Crippen LogP contribution in [0.3, 0.4) is 0 Å². The second-order valence-electron chi connectivity index (χ2n) is 5.23. The summed E-state index contributed by atoms with van der Waals surface area (Å²) in [6, 6.07) is 12.2. The highest BCUT2D eigenvalue weighted by Gasteiger charge is 2.07. The molecule has 0 aliphatic carbocycles. The topological polar surface area (TPSA) is 47.1 Å². The molecule has 0 saturated heterocycles. The number of aryl methyl sites for hydroxylation is 1. The van der Waals surface area contributed by atoms with Crippen LogP contribution in [-0.2, 0) is 0 Å². The first kappa shape index (κ1) is 12.5. The summed E-state index contributed by atoms with van der Waals surface area (Å²) in [5, 5.41) is 0. The zero-order valence-electron chi connectivity index (χ0n) is 12.0. The summed E-state index contributed by atoms with van der Waals surface area (Å²) in [6.07, 6.45) is 1.84. The van der Waals surface area contributed by atoms with E-state index in [-0.39, 0.29) is 0 Å². The van der Waals surface area contributed by atoms with Gasteiger partial charge in [-0.3, -0.25) is 4.57 Å². The van der Waals surface area contributed by atoms with Crippen LogP contribution in [0, 0.1) is 6.92 Å². The highest BCUT2D eigenvalue weighted by atomic mass is 15.1. The highest BCUT2D eigenvalue weighted by molar-refractivity contribution is 5.81. The van der Waals surface area contributed by atoms with Crippen molar-refractivity contribution >= 4 is 22.4 Å². The van der Waals surface area contributed by atoms with E-state index < -0.39 is 0 Å². The van der Waals surface area contributed by atoms with Gasteiger partial charge in [-0.2, -0.15) is 0 Å². The predicted molar refractivity (Wildman–Crippen MR) is 84.5 cm³/mol. The summed E-state index contributed by atoms with van der Waals surface area (Å²) in [7, 11) is 4.11.